The van der Waals surface area contributed by atoms with Gasteiger partial charge >= 0.3 is 0 Å². The first-order valence-electron chi connectivity index (χ1n) is 10.1. The van der Waals surface area contributed by atoms with Crippen LogP contribution in [0.4, 0.5) is 0 Å². The lowest BCUT2D eigenvalue weighted by molar-refractivity contribution is -0.147. The predicted octanol–water partition coefficient (Wildman–Crippen LogP) is 2.57. The van der Waals surface area contributed by atoms with E-state index in [9.17, 15) is 14.7 Å². The van der Waals surface area contributed by atoms with Crippen LogP contribution in [-0.2, 0) is 22.6 Å². The molecule has 3 atom stereocenters. The molecule has 2 aromatic carbocycles. The zero-order chi connectivity index (χ0) is 22.6. The summed E-state index contributed by atoms with van der Waals surface area (Å²) in [5.41, 5.74) is 7.87. The highest BCUT2D eigenvalue weighted by atomic mass is 35.5. The monoisotopic (exact) mass is 461 g/mol. The molecule has 2 aromatic rings. The van der Waals surface area contributed by atoms with E-state index in [1.54, 1.807) is 6.07 Å². The van der Waals surface area contributed by atoms with E-state index >= 15 is 0 Å². The van der Waals surface area contributed by atoms with Crippen LogP contribution >= 0.6 is 23.4 Å². The lowest BCUT2D eigenvalue weighted by Gasteiger charge is -2.32. The number of carbonyl (C=O) groups excluding carboxylic acids is 2. The van der Waals surface area contributed by atoms with Gasteiger partial charge < -0.3 is 21.1 Å². The van der Waals surface area contributed by atoms with Gasteiger partial charge in [0.15, 0.2) is 0 Å². The quantitative estimate of drug-likeness (QED) is 0.589. The minimum atomic E-state index is -1.39. The Labute approximate surface area is 192 Å². The minimum absolute atomic E-state index is 0.258. The van der Waals surface area contributed by atoms with Crippen LogP contribution in [0.2, 0.25) is 5.02 Å². The minimum Gasteiger partial charge on any atom is -0.382 e. The van der Waals surface area contributed by atoms with Crippen LogP contribution in [0.1, 0.15) is 25.0 Å². The average Bonchev–Trinajstić information content (AvgIpc) is 3.07. The summed E-state index contributed by atoms with van der Waals surface area (Å²) in [6.07, 6.45) is -1.03. The number of carbonyl (C=O) groups is 2. The summed E-state index contributed by atoms with van der Waals surface area (Å²) >= 11 is 7.68. The third-order valence-corrected chi connectivity index (χ3v) is 7.20. The van der Waals surface area contributed by atoms with Crippen molar-refractivity contribution in [3.05, 3.63) is 70.7 Å². The zero-order valence-corrected chi connectivity index (χ0v) is 19.2. The number of aliphatic hydroxyl groups is 1. The van der Waals surface area contributed by atoms with Gasteiger partial charge in [-0.1, -0.05) is 60.1 Å². The van der Waals surface area contributed by atoms with Gasteiger partial charge in [0, 0.05) is 22.4 Å². The fourth-order valence-electron chi connectivity index (χ4n) is 3.68. The number of nitrogens with two attached hydrogens (primary N) is 1. The Bertz CT molecular complexity index is 925. The van der Waals surface area contributed by atoms with Crippen molar-refractivity contribution in [1.82, 2.24) is 10.2 Å². The van der Waals surface area contributed by atoms with E-state index in [1.807, 2.05) is 62.4 Å². The molecule has 1 aliphatic rings. The van der Waals surface area contributed by atoms with E-state index in [1.165, 1.54) is 16.7 Å². The largest absolute Gasteiger partial charge is 0.382 e. The highest BCUT2D eigenvalue weighted by Gasteiger charge is 2.49. The summed E-state index contributed by atoms with van der Waals surface area (Å²) in [5, 5.41) is 14.1. The lowest BCUT2D eigenvalue weighted by Crippen LogP contribution is -2.57. The Hall–Kier alpha value is -2.06. The molecule has 2 unspecified atom stereocenters. The van der Waals surface area contributed by atoms with Crippen LogP contribution < -0.4 is 11.1 Å². The Kier molecular flexibility index (Phi) is 7.64. The predicted molar refractivity (Wildman–Crippen MR) is 125 cm³/mol. The Morgan fingerprint density at radius 2 is 1.87 bits per heavy atom. The summed E-state index contributed by atoms with van der Waals surface area (Å²) in [7, 11) is 0. The van der Waals surface area contributed by atoms with Crippen molar-refractivity contribution in [3.8, 4) is 0 Å². The molecule has 0 aliphatic carbocycles. The smallest absolute Gasteiger partial charge is 0.254 e. The molecule has 0 bridgehead atoms. The van der Waals surface area contributed by atoms with Crippen LogP contribution in [0.5, 0.6) is 0 Å². The van der Waals surface area contributed by atoms with Crippen LogP contribution in [0.15, 0.2) is 54.6 Å². The molecular formula is C23H28ClN3O3S. The lowest BCUT2D eigenvalue weighted by atomic mass is 9.97. The molecule has 0 aromatic heterocycles. The van der Waals surface area contributed by atoms with Gasteiger partial charge in [0.25, 0.3) is 5.91 Å². The molecule has 0 radical (unpaired) electrons. The van der Waals surface area contributed by atoms with Crippen LogP contribution in [0, 0.1) is 0 Å². The van der Waals surface area contributed by atoms with Gasteiger partial charge in [0.2, 0.25) is 5.91 Å². The van der Waals surface area contributed by atoms with Gasteiger partial charge in [-0.25, -0.2) is 0 Å². The van der Waals surface area contributed by atoms with E-state index in [0.29, 0.717) is 17.3 Å². The molecule has 0 saturated carbocycles. The number of hydrogen-bond donors (Lipinski definition) is 3. The van der Waals surface area contributed by atoms with Crippen LogP contribution in [0.3, 0.4) is 0 Å². The molecule has 0 spiro atoms. The molecule has 4 N–H and O–H groups in total. The van der Waals surface area contributed by atoms with E-state index < -0.39 is 28.8 Å². The standard InChI is InChI=1S/C23H28ClN3O3S/c1-23(2)20(21(29)26-13-16-10-6-7-11-17(16)24)27(14-31-23)22(30)19(28)18(25)12-15-8-4-3-5-9-15/h3-11,18-20,28H,12-14,25H2,1-2H3,(H,26,29)/t18?,19-,20?/m0/s1. The third-order valence-electron chi connectivity index (χ3n) is 5.46. The van der Waals surface area contributed by atoms with Crippen LogP contribution in [0.25, 0.3) is 0 Å². The molecule has 166 valence electrons. The number of rotatable bonds is 7. The number of nitrogens with one attached hydrogen (secondary N) is 1. The molecule has 31 heavy (non-hydrogen) atoms. The van der Waals surface area contributed by atoms with Gasteiger partial charge in [0.1, 0.15) is 12.1 Å². The molecule has 1 aliphatic heterocycles. The van der Waals surface area contributed by atoms with Crippen molar-refractivity contribution >= 4 is 35.2 Å². The Balaban J connectivity index is 1.69. The summed E-state index contributed by atoms with van der Waals surface area (Å²) in [6.45, 7) is 4.09. The Morgan fingerprint density at radius 1 is 1.23 bits per heavy atom. The van der Waals surface area contributed by atoms with Crippen molar-refractivity contribution < 1.29 is 14.7 Å². The number of hydrogen-bond acceptors (Lipinski definition) is 5. The number of halogens is 1. The van der Waals surface area contributed by atoms with Gasteiger partial charge in [-0.15, -0.1) is 11.8 Å². The van der Waals surface area contributed by atoms with Gasteiger partial charge in [-0.2, -0.15) is 0 Å². The first-order valence-corrected chi connectivity index (χ1v) is 11.5. The highest BCUT2D eigenvalue weighted by molar-refractivity contribution is 8.00. The van der Waals surface area contributed by atoms with E-state index in [0.717, 1.165) is 11.1 Å². The molecule has 1 heterocycles. The maximum atomic E-state index is 13.1. The van der Waals surface area contributed by atoms with Crippen LogP contribution in [-0.4, -0.2) is 50.6 Å². The number of amides is 2. The number of nitrogens with zero attached hydrogens (tertiary/aromatic N) is 1. The van der Waals surface area contributed by atoms with E-state index in [4.69, 9.17) is 17.3 Å². The molecule has 2 amide bonds. The normalized spacial score (nSPS) is 19.6. The van der Waals surface area contributed by atoms with Crippen molar-refractivity contribution in [2.24, 2.45) is 5.73 Å². The maximum absolute atomic E-state index is 13.1. The van der Waals surface area contributed by atoms with Gasteiger partial charge in [-0.05, 0) is 37.5 Å². The second-order valence-electron chi connectivity index (χ2n) is 8.20. The molecule has 6 nitrogen and oxygen atoms in total. The molecule has 8 heteroatoms. The fraction of sp³-hybridized carbons (Fsp3) is 0.391. The molecule has 3 rings (SSSR count). The molecular weight excluding hydrogens is 434 g/mol. The first-order chi connectivity index (χ1) is 14.7. The van der Waals surface area contributed by atoms with E-state index in [-0.39, 0.29) is 12.5 Å². The van der Waals surface area contributed by atoms with Gasteiger partial charge in [-0.3, -0.25) is 9.59 Å². The summed E-state index contributed by atoms with van der Waals surface area (Å²) < 4.78 is -0.510. The fourth-order valence-corrected chi connectivity index (χ4v) is 5.03. The second kappa shape index (κ2) is 10.0. The van der Waals surface area contributed by atoms with Crippen molar-refractivity contribution in [2.45, 2.75) is 49.7 Å². The average molecular weight is 462 g/mol. The topological polar surface area (TPSA) is 95.7 Å². The zero-order valence-electron chi connectivity index (χ0n) is 17.6. The van der Waals surface area contributed by atoms with E-state index in [2.05, 4.69) is 5.32 Å². The Morgan fingerprint density at radius 3 is 2.55 bits per heavy atom. The van der Waals surface area contributed by atoms with Crippen molar-refractivity contribution in [2.75, 3.05) is 5.88 Å². The first kappa shape index (κ1) is 23.6. The highest BCUT2D eigenvalue weighted by Crippen LogP contribution is 2.39. The second-order valence-corrected chi connectivity index (χ2v) is 10.2. The summed E-state index contributed by atoms with van der Waals surface area (Å²) in [5.74, 6) is -0.503. The number of aliphatic hydroxyl groups excluding tert-OH is 1. The maximum Gasteiger partial charge on any atom is 0.254 e. The SMILES string of the molecule is CC1(C)SCN(C(=O)[C@@H](O)C(N)Cc2ccccc2)C1C(=O)NCc1ccccc1Cl. The molecule has 1 fully saturated rings. The summed E-state index contributed by atoms with van der Waals surface area (Å²) in [4.78, 5) is 27.6. The third kappa shape index (κ3) is 5.60. The number of benzene rings is 2. The van der Waals surface area contributed by atoms with Crippen molar-refractivity contribution in [1.29, 1.82) is 0 Å². The summed E-state index contributed by atoms with van der Waals surface area (Å²) in [6, 6.07) is 15.2. The van der Waals surface area contributed by atoms with Gasteiger partial charge in [0.05, 0.1) is 5.88 Å². The van der Waals surface area contributed by atoms with Crippen molar-refractivity contribution in [3.63, 3.8) is 0 Å². The molecule has 1 saturated heterocycles. The number of thioether (sulfide) groups is 1.